The number of para-hydroxylation sites is 1. The first kappa shape index (κ1) is 12.9. The molecule has 0 spiro atoms. The third-order valence-corrected chi connectivity index (χ3v) is 2.97. The van der Waals surface area contributed by atoms with Crippen LogP contribution in [0.3, 0.4) is 0 Å². The second kappa shape index (κ2) is 4.97. The number of nitro groups is 1. The summed E-state index contributed by atoms with van der Waals surface area (Å²) >= 11 is 0. The molecule has 0 saturated heterocycles. The number of rotatable bonds is 3. The van der Waals surface area contributed by atoms with E-state index in [1.54, 1.807) is 12.1 Å². The van der Waals surface area contributed by atoms with Gasteiger partial charge in [-0.25, -0.2) is 0 Å². The number of nitro benzene ring substituents is 1. The Morgan fingerprint density at radius 3 is 2.47 bits per heavy atom. The van der Waals surface area contributed by atoms with Gasteiger partial charge in [-0.3, -0.25) is 10.1 Å². The van der Waals surface area contributed by atoms with E-state index in [0.717, 1.165) is 12.0 Å². The molecule has 5 heteroatoms. The standard InChI is InChI=1S/C14H13NO4/c1-2-9-6-7-10(13(16)8-9)11-4-3-5-12(14(11)17)15(18)19/h3-8,16-17H,2H2,1H3. The van der Waals surface area contributed by atoms with Crippen molar-refractivity contribution in [2.45, 2.75) is 13.3 Å². The number of hydrogen-bond donors (Lipinski definition) is 2. The minimum atomic E-state index is -0.656. The van der Waals surface area contributed by atoms with Crippen LogP contribution >= 0.6 is 0 Å². The van der Waals surface area contributed by atoms with Crippen molar-refractivity contribution in [3.8, 4) is 22.6 Å². The third-order valence-electron chi connectivity index (χ3n) is 2.97. The summed E-state index contributed by atoms with van der Waals surface area (Å²) in [5.41, 5.74) is 1.19. The lowest BCUT2D eigenvalue weighted by Gasteiger charge is -2.08. The van der Waals surface area contributed by atoms with E-state index in [-0.39, 0.29) is 17.0 Å². The molecular formula is C14H13NO4. The largest absolute Gasteiger partial charge is 0.507 e. The smallest absolute Gasteiger partial charge is 0.311 e. The van der Waals surface area contributed by atoms with Crippen molar-refractivity contribution in [1.82, 2.24) is 0 Å². The van der Waals surface area contributed by atoms with Crippen LogP contribution in [0.25, 0.3) is 11.1 Å². The van der Waals surface area contributed by atoms with Crippen LogP contribution in [0.1, 0.15) is 12.5 Å². The fourth-order valence-corrected chi connectivity index (χ4v) is 1.92. The van der Waals surface area contributed by atoms with Crippen molar-refractivity contribution in [2.24, 2.45) is 0 Å². The van der Waals surface area contributed by atoms with Gasteiger partial charge in [0, 0.05) is 17.2 Å². The first-order valence-electron chi connectivity index (χ1n) is 5.83. The van der Waals surface area contributed by atoms with Crippen molar-refractivity contribution in [3.05, 3.63) is 52.1 Å². The van der Waals surface area contributed by atoms with Gasteiger partial charge in [-0.05, 0) is 18.1 Å². The number of nitrogens with zero attached hydrogens (tertiary/aromatic N) is 1. The Bertz CT molecular complexity index is 637. The van der Waals surface area contributed by atoms with Crippen LogP contribution in [-0.2, 0) is 6.42 Å². The lowest BCUT2D eigenvalue weighted by molar-refractivity contribution is -0.385. The summed E-state index contributed by atoms with van der Waals surface area (Å²) in [6, 6.07) is 9.27. The second-order valence-electron chi connectivity index (χ2n) is 4.14. The minimum absolute atomic E-state index is 0.00449. The number of aromatic hydroxyl groups is 2. The summed E-state index contributed by atoms with van der Waals surface area (Å²) in [5.74, 6) is -0.442. The number of hydrogen-bond acceptors (Lipinski definition) is 4. The predicted molar refractivity (Wildman–Crippen MR) is 71.2 cm³/mol. The van der Waals surface area contributed by atoms with Gasteiger partial charge in [-0.15, -0.1) is 0 Å². The highest BCUT2D eigenvalue weighted by Gasteiger charge is 2.19. The van der Waals surface area contributed by atoms with E-state index in [0.29, 0.717) is 5.56 Å². The monoisotopic (exact) mass is 259 g/mol. The molecule has 0 amide bonds. The van der Waals surface area contributed by atoms with E-state index in [9.17, 15) is 20.3 Å². The number of phenolic OH excluding ortho intramolecular Hbond substituents is 2. The first-order valence-corrected chi connectivity index (χ1v) is 5.83. The van der Waals surface area contributed by atoms with Gasteiger partial charge in [-0.1, -0.05) is 31.2 Å². The molecule has 0 atom stereocenters. The average Bonchev–Trinajstić information content (AvgIpc) is 2.39. The fraction of sp³-hybridized carbons (Fsp3) is 0.143. The summed E-state index contributed by atoms with van der Waals surface area (Å²) in [4.78, 5) is 10.1. The molecule has 19 heavy (non-hydrogen) atoms. The molecule has 5 nitrogen and oxygen atoms in total. The van der Waals surface area contributed by atoms with Crippen LogP contribution < -0.4 is 0 Å². The van der Waals surface area contributed by atoms with Crippen molar-refractivity contribution in [2.75, 3.05) is 0 Å². The Morgan fingerprint density at radius 2 is 1.89 bits per heavy atom. The summed E-state index contributed by atoms with van der Waals surface area (Å²) < 4.78 is 0. The summed E-state index contributed by atoms with van der Waals surface area (Å²) in [5, 5.41) is 30.6. The molecule has 2 aromatic carbocycles. The molecule has 0 unspecified atom stereocenters. The fourth-order valence-electron chi connectivity index (χ4n) is 1.92. The Hall–Kier alpha value is -2.56. The first-order chi connectivity index (χ1) is 9.04. The molecule has 0 aromatic heterocycles. The van der Waals surface area contributed by atoms with E-state index in [4.69, 9.17) is 0 Å². The highest BCUT2D eigenvalue weighted by molar-refractivity contribution is 5.79. The molecule has 2 rings (SSSR count). The van der Waals surface area contributed by atoms with Gasteiger partial charge in [0.05, 0.1) is 4.92 Å². The van der Waals surface area contributed by atoms with Gasteiger partial charge in [0.15, 0.2) is 0 Å². The van der Waals surface area contributed by atoms with Crippen molar-refractivity contribution in [1.29, 1.82) is 0 Å². The van der Waals surface area contributed by atoms with Gasteiger partial charge in [0.2, 0.25) is 5.75 Å². The number of phenols is 2. The van der Waals surface area contributed by atoms with Crippen LogP contribution in [0.2, 0.25) is 0 Å². The minimum Gasteiger partial charge on any atom is -0.507 e. The van der Waals surface area contributed by atoms with Crippen LogP contribution in [0, 0.1) is 10.1 Å². The Morgan fingerprint density at radius 1 is 1.16 bits per heavy atom. The Kier molecular flexibility index (Phi) is 3.37. The van der Waals surface area contributed by atoms with Crippen molar-refractivity contribution >= 4 is 5.69 Å². The topological polar surface area (TPSA) is 83.6 Å². The summed E-state index contributed by atoms with van der Waals surface area (Å²) in [7, 11) is 0. The zero-order valence-corrected chi connectivity index (χ0v) is 10.3. The lowest BCUT2D eigenvalue weighted by Crippen LogP contribution is -1.91. The molecule has 0 bridgehead atoms. The lowest BCUT2D eigenvalue weighted by atomic mass is 10.0. The second-order valence-corrected chi connectivity index (χ2v) is 4.14. The quantitative estimate of drug-likeness (QED) is 0.654. The van der Waals surface area contributed by atoms with Crippen LogP contribution in [0.15, 0.2) is 36.4 Å². The molecule has 2 N–H and O–H groups in total. The van der Waals surface area contributed by atoms with E-state index in [1.807, 2.05) is 13.0 Å². The van der Waals surface area contributed by atoms with Crippen molar-refractivity contribution < 1.29 is 15.1 Å². The van der Waals surface area contributed by atoms with Gasteiger partial charge in [-0.2, -0.15) is 0 Å². The molecule has 0 saturated carbocycles. The van der Waals surface area contributed by atoms with Crippen LogP contribution in [-0.4, -0.2) is 15.1 Å². The van der Waals surface area contributed by atoms with Gasteiger partial charge in [0.25, 0.3) is 0 Å². The van der Waals surface area contributed by atoms with Gasteiger partial charge in [0.1, 0.15) is 5.75 Å². The molecule has 0 radical (unpaired) electrons. The van der Waals surface area contributed by atoms with Gasteiger partial charge >= 0.3 is 5.69 Å². The van der Waals surface area contributed by atoms with E-state index in [1.165, 1.54) is 18.2 Å². The van der Waals surface area contributed by atoms with E-state index in [2.05, 4.69) is 0 Å². The molecule has 0 aliphatic carbocycles. The zero-order chi connectivity index (χ0) is 14.0. The molecule has 0 aliphatic heterocycles. The van der Waals surface area contributed by atoms with Gasteiger partial charge < -0.3 is 10.2 Å². The Balaban J connectivity index is 2.59. The van der Waals surface area contributed by atoms with Crippen LogP contribution in [0.4, 0.5) is 5.69 Å². The summed E-state index contributed by atoms with van der Waals surface area (Å²) in [6.07, 6.45) is 0.773. The molecule has 98 valence electrons. The SMILES string of the molecule is CCc1ccc(-c2cccc([N+](=O)[O-])c2O)c(O)c1. The maximum atomic E-state index is 10.8. The highest BCUT2D eigenvalue weighted by atomic mass is 16.6. The molecule has 0 fully saturated rings. The van der Waals surface area contributed by atoms with E-state index < -0.39 is 10.7 Å². The number of benzene rings is 2. The maximum Gasteiger partial charge on any atom is 0.311 e. The highest BCUT2D eigenvalue weighted by Crippen LogP contribution is 2.40. The molecular weight excluding hydrogens is 246 g/mol. The Labute approximate surface area is 109 Å². The number of aryl methyl sites for hydroxylation is 1. The third kappa shape index (κ3) is 2.35. The molecule has 0 heterocycles. The maximum absolute atomic E-state index is 10.8. The summed E-state index contributed by atoms with van der Waals surface area (Å²) in [6.45, 7) is 1.96. The predicted octanol–water partition coefficient (Wildman–Crippen LogP) is 3.24. The van der Waals surface area contributed by atoms with Crippen molar-refractivity contribution in [3.63, 3.8) is 0 Å². The normalized spacial score (nSPS) is 10.4. The van der Waals surface area contributed by atoms with Crippen LogP contribution in [0.5, 0.6) is 11.5 Å². The molecule has 2 aromatic rings. The average molecular weight is 259 g/mol. The molecule has 0 aliphatic rings. The van der Waals surface area contributed by atoms with E-state index >= 15 is 0 Å². The zero-order valence-electron chi connectivity index (χ0n) is 10.3.